The van der Waals surface area contributed by atoms with Gasteiger partial charge in [0.25, 0.3) is 0 Å². The van der Waals surface area contributed by atoms with Crippen molar-refractivity contribution in [1.29, 1.82) is 0 Å². The minimum absolute atomic E-state index is 0. The Hall–Kier alpha value is -0.570. The molecule has 0 amide bonds. The number of hydrogen-bond donors (Lipinski definition) is 2. The summed E-state index contributed by atoms with van der Waals surface area (Å²) < 4.78 is 0. The summed E-state index contributed by atoms with van der Waals surface area (Å²) in [5.74, 6) is 0.534. The molecule has 15 heavy (non-hydrogen) atoms. The second-order valence-corrected chi connectivity index (χ2v) is 4.09. The number of aliphatic hydroxyl groups is 1. The quantitative estimate of drug-likeness (QED) is 0.837. The van der Waals surface area contributed by atoms with Crippen molar-refractivity contribution in [3.05, 3.63) is 35.4 Å². The molecule has 3 N–H and O–H groups in total. The first-order valence-corrected chi connectivity index (χ1v) is 5.06. The third-order valence-electron chi connectivity index (χ3n) is 2.51. The van der Waals surface area contributed by atoms with Gasteiger partial charge in [-0.3, -0.25) is 0 Å². The Morgan fingerprint density at radius 3 is 1.73 bits per heavy atom. The van der Waals surface area contributed by atoms with Crippen LogP contribution in [0.25, 0.3) is 0 Å². The van der Waals surface area contributed by atoms with Crippen LogP contribution < -0.4 is 5.73 Å². The van der Waals surface area contributed by atoms with Crippen molar-refractivity contribution >= 4 is 12.4 Å². The van der Waals surface area contributed by atoms with Crippen LogP contribution in [-0.4, -0.2) is 11.2 Å². The van der Waals surface area contributed by atoms with E-state index in [0.29, 0.717) is 5.92 Å². The van der Waals surface area contributed by atoms with Crippen LogP contribution in [0.5, 0.6) is 0 Å². The van der Waals surface area contributed by atoms with Gasteiger partial charge in [-0.15, -0.1) is 12.4 Å². The largest absolute Gasteiger partial charge is 0.391 e. The van der Waals surface area contributed by atoms with E-state index < -0.39 is 6.10 Å². The maximum atomic E-state index is 9.33. The van der Waals surface area contributed by atoms with Crippen molar-refractivity contribution in [2.75, 3.05) is 0 Å². The third kappa shape index (κ3) is 3.82. The SMILES string of the molecule is CC(C)c1ccc([C@H](N)[C@@H](C)O)cc1.Cl. The average molecular weight is 230 g/mol. The summed E-state index contributed by atoms with van der Waals surface area (Å²) in [5.41, 5.74) is 8.10. The molecule has 0 aliphatic heterocycles. The van der Waals surface area contributed by atoms with Gasteiger partial charge in [0, 0.05) is 0 Å². The Labute approximate surface area is 97.9 Å². The van der Waals surface area contributed by atoms with Gasteiger partial charge >= 0.3 is 0 Å². The van der Waals surface area contributed by atoms with E-state index in [4.69, 9.17) is 5.73 Å². The van der Waals surface area contributed by atoms with Crippen LogP contribution in [0.2, 0.25) is 0 Å². The lowest BCUT2D eigenvalue weighted by Gasteiger charge is -2.15. The number of aliphatic hydroxyl groups excluding tert-OH is 1. The van der Waals surface area contributed by atoms with Crippen molar-refractivity contribution in [1.82, 2.24) is 0 Å². The standard InChI is InChI=1S/C12H19NO.ClH/c1-8(2)10-4-6-11(7-5-10)12(13)9(3)14;/h4-9,12,14H,13H2,1-3H3;1H/t9-,12-;/m1./s1. The van der Waals surface area contributed by atoms with E-state index in [9.17, 15) is 5.11 Å². The lowest BCUT2D eigenvalue weighted by Crippen LogP contribution is -2.23. The molecule has 2 atom stereocenters. The number of rotatable bonds is 3. The maximum absolute atomic E-state index is 9.33. The molecule has 1 rings (SSSR count). The van der Waals surface area contributed by atoms with Gasteiger partial charge in [0.1, 0.15) is 0 Å². The number of halogens is 1. The van der Waals surface area contributed by atoms with E-state index in [1.54, 1.807) is 6.92 Å². The number of hydrogen-bond acceptors (Lipinski definition) is 2. The molecular formula is C12H20ClNO. The third-order valence-corrected chi connectivity index (χ3v) is 2.51. The fourth-order valence-corrected chi connectivity index (χ4v) is 1.38. The van der Waals surface area contributed by atoms with E-state index in [2.05, 4.69) is 26.0 Å². The fourth-order valence-electron chi connectivity index (χ4n) is 1.38. The van der Waals surface area contributed by atoms with Crippen LogP contribution >= 0.6 is 12.4 Å². The van der Waals surface area contributed by atoms with Crippen molar-refractivity contribution in [2.45, 2.75) is 38.8 Å². The highest BCUT2D eigenvalue weighted by molar-refractivity contribution is 5.85. The molecule has 0 radical (unpaired) electrons. The highest BCUT2D eigenvalue weighted by Crippen LogP contribution is 2.19. The first-order valence-electron chi connectivity index (χ1n) is 5.06. The van der Waals surface area contributed by atoms with Gasteiger partial charge in [0.2, 0.25) is 0 Å². The summed E-state index contributed by atoms with van der Waals surface area (Å²) in [6.45, 7) is 6.02. The molecule has 0 aromatic heterocycles. The van der Waals surface area contributed by atoms with Crippen molar-refractivity contribution in [2.24, 2.45) is 5.73 Å². The second-order valence-electron chi connectivity index (χ2n) is 4.09. The molecule has 86 valence electrons. The monoisotopic (exact) mass is 229 g/mol. The Bertz CT molecular complexity index is 282. The molecule has 2 nitrogen and oxygen atoms in total. The van der Waals surface area contributed by atoms with Gasteiger partial charge < -0.3 is 10.8 Å². The zero-order valence-corrected chi connectivity index (χ0v) is 10.3. The topological polar surface area (TPSA) is 46.2 Å². The fraction of sp³-hybridized carbons (Fsp3) is 0.500. The van der Waals surface area contributed by atoms with Gasteiger partial charge in [-0.1, -0.05) is 38.1 Å². The Balaban J connectivity index is 0.00000196. The summed E-state index contributed by atoms with van der Waals surface area (Å²) in [5, 5.41) is 9.33. The Kier molecular flexibility index (Phi) is 5.88. The predicted molar refractivity (Wildman–Crippen MR) is 66.4 cm³/mol. The average Bonchev–Trinajstić information content (AvgIpc) is 2.16. The summed E-state index contributed by atoms with van der Waals surface area (Å²) in [6, 6.07) is 7.85. The lowest BCUT2D eigenvalue weighted by atomic mass is 9.98. The molecular weight excluding hydrogens is 210 g/mol. The van der Waals surface area contributed by atoms with Gasteiger partial charge in [-0.05, 0) is 24.0 Å². The molecule has 0 saturated heterocycles. The second kappa shape index (κ2) is 6.11. The molecule has 0 heterocycles. The summed E-state index contributed by atoms with van der Waals surface area (Å²) in [6.07, 6.45) is -0.500. The van der Waals surface area contributed by atoms with Gasteiger partial charge in [-0.25, -0.2) is 0 Å². The predicted octanol–water partition coefficient (Wildman–Crippen LogP) is 2.61. The Morgan fingerprint density at radius 2 is 1.40 bits per heavy atom. The molecule has 0 fully saturated rings. The molecule has 0 aliphatic rings. The van der Waals surface area contributed by atoms with Crippen LogP contribution in [0.3, 0.4) is 0 Å². The zero-order valence-electron chi connectivity index (χ0n) is 9.47. The van der Waals surface area contributed by atoms with E-state index in [-0.39, 0.29) is 18.4 Å². The summed E-state index contributed by atoms with van der Waals surface area (Å²) >= 11 is 0. The number of nitrogens with two attached hydrogens (primary N) is 1. The van der Waals surface area contributed by atoms with Crippen LogP contribution in [0.15, 0.2) is 24.3 Å². The molecule has 1 aromatic carbocycles. The van der Waals surface area contributed by atoms with Gasteiger partial charge in [-0.2, -0.15) is 0 Å². The molecule has 3 heteroatoms. The van der Waals surface area contributed by atoms with Crippen molar-refractivity contribution in [3.8, 4) is 0 Å². The van der Waals surface area contributed by atoms with Crippen LogP contribution in [0, 0.1) is 0 Å². The van der Waals surface area contributed by atoms with Crippen LogP contribution in [-0.2, 0) is 0 Å². The number of benzene rings is 1. The Morgan fingerprint density at radius 1 is 1.00 bits per heavy atom. The lowest BCUT2D eigenvalue weighted by molar-refractivity contribution is 0.164. The van der Waals surface area contributed by atoms with Crippen LogP contribution in [0.1, 0.15) is 43.9 Å². The highest BCUT2D eigenvalue weighted by atomic mass is 35.5. The summed E-state index contributed by atoms with van der Waals surface area (Å²) in [7, 11) is 0. The van der Waals surface area contributed by atoms with E-state index >= 15 is 0 Å². The molecule has 0 spiro atoms. The minimum Gasteiger partial charge on any atom is -0.391 e. The first kappa shape index (κ1) is 14.4. The van der Waals surface area contributed by atoms with Crippen molar-refractivity contribution in [3.63, 3.8) is 0 Å². The minimum atomic E-state index is -0.500. The molecule has 0 aliphatic carbocycles. The van der Waals surface area contributed by atoms with Gasteiger partial charge in [0.05, 0.1) is 12.1 Å². The zero-order chi connectivity index (χ0) is 10.7. The van der Waals surface area contributed by atoms with E-state index in [0.717, 1.165) is 5.56 Å². The molecule has 0 saturated carbocycles. The normalized spacial score (nSPS) is 14.5. The highest BCUT2D eigenvalue weighted by Gasteiger charge is 2.11. The molecule has 0 bridgehead atoms. The van der Waals surface area contributed by atoms with Crippen molar-refractivity contribution < 1.29 is 5.11 Å². The smallest absolute Gasteiger partial charge is 0.0704 e. The maximum Gasteiger partial charge on any atom is 0.0704 e. The van der Waals surface area contributed by atoms with E-state index in [1.807, 2.05) is 12.1 Å². The van der Waals surface area contributed by atoms with E-state index in [1.165, 1.54) is 5.56 Å². The molecule has 0 unspecified atom stereocenters. The first-order chi connectivity index (χ1) is 6.52. The molecule has 1 aromatic rings. The summed E-state index contributed by atoms with van der Waals surface area (Å²) in [4.78, 5) is 0. The van der Waals surface area contributed by atoms with Gasteiger partial charge in [0.15, 0.2) is 0 Å². The van der Waals surface area contributed by atoms with Crippen LogP contribution in [0.4, 0.5) is 0 Å².